The van der Waals surface area contributed by atoms with Crippen LogP contribution in [0.1, 0.15) is 32.2 Å². The topological polar surface area (TPSA) is 72.2 Å². The lowest BCUT2D eigenvalue weighted by Crippen LogP contribution is -2.24. The molecule has 0 atom stereocenters. The number of rotatable bonds is 3. The molecule has 1 N–H and O–H groups in total. The smallest absolute Gasteiger partial charge is 0.335 e. The molecule has 0 saturated carbocycles. The number of hydrogen-bond donors (Lipinski definition) is 1. The number of aromatic nitrogens is 2. The lowest BCUT2D eigenvalue weighted by atomic mass is 10.1. The van der Waals surface area contributed by atoms with E-state index in [2.05, 4.69) is 4.98 Å². The van der Waals surface area contributed by atoms with Crippen LogP contribution in [-0.4, -0.2) is 20.6 Å². The predicted molar refractivity (Wildman–Crippen MR) is 90.6 cm³/mol. The zero-order valence-corrected chi connectivity index (χ0v) is 13.9. The van der Waals surface area contributed by atoms with Crippen LogP contribution in [0.25, 0.3) is 10.2 Å². The van der Waals surface area contributed by atoms with E-state index in [0.29, 0.717) is 17.8 Å². The molecule has 5 nitrogen and oxygen atoms in total. The summed E-state index contributed by atoms with van der Waals surface area (Å²) >= 11 is 1.53. The Morgan fingerprint density at radius 1 is 1.30 bits per heavy atom. The number of benzene rings is 1. The lowest BCUT2D eigenvalue weighted by molar-refractivity contribution is 0.0696. The summed E-state index contributed by atoms with van der Waals surface area (Å²) < 4.78 is 1.60. The van der Waals surface area contributed by atoms with Gasteiger partial charge in [-0.25, -0.2) is 9.78 Å². The van der Waals surface area contributed by atoms with Crippen LogP contribution in [0.3, 0.4) is 0 Å². The zero-order valence-electron chi connectivity index (χ0n) is 13.1. The molecule has 0 spiro atoms. The van der Waals surface area contributed by atoms with E-state index in [4.69, 9.17) is 5.11 Å². The molecule has 0 aliphatic carbocycles. The van der Waals surface area contributed by atoms with E-state index >= 15 is 0 Å². The lowest BCUT2D eigenvalue weighted by Gasteiger charge is -2.10. The Bertz CT molecular complexity index is 985. The van der Waals surface area contributed by atoms with Crippen LogP contribution in [0.15, 0.2) is 29.1 Å². The van der Waals surface area contributed by atoms with Gasteiger partial charge in [-0.2, -0.15) is 0 Å². The quantitative estimate of drug-likeness (QED) is 0.802. The molecule has 0 fully saturated rings. The molecule has 3 rings (SSSR count). The second-order valence-corrected chi connectivity index (χ2v) is 6.72. The van der Waals surface area contributed by atoms with E-state index < -0.39 is 5.97 Å². The van der Waals surface area contributed by atoms with Gasteiger partial charge in [-0.15, -0.1) is 11.3 Å². The van der Waals surface area contributed by atoms with Gasteiger partial charge in [0.25, 0.3) is 5.56 Å². The van der Waals surface area contributed by atoms with Crippen molar-refractivity contribution in [3.8, 4) is 0 Å². The van der Waals surface area contributed by atoms with Crippen molar-refractivity contribution < 1.29 is 9.90 Å². The van der Waals surface area contributed by atoms with Crippen molar-refractivity contribution in [1.82, 2.24) is 9.55 Å². The molecule has 0 radical (unpaired) electrons. The third-order valence-corrected chi connectivity index (χ3v) is 5.10. The van der Waals surface area contributed by atoms with E-state index in [9.17, 15) is 9.59 Å². The van der Waals surface area contributed by atoms with E-state index in [-0.39, 0.29) is 11.1 Å². The van der Waals surface area contributed by atoms with Gasteiger partial charge in [0, 0.05) is 4.88 Å². The first-order valence-electron chi connectivity index (χ1n) is 7.18. The summed E-state index contributed by atoms with van der Waals surface area (Å²) in [6.45, 7) is 6.02. The van der Waals surface area contributed by atoms with Crippen molar-refractivity contribution in [3.63, 3.8) is 0 Å². The predicted octanol–water partition coefficient (Wildman–Crippen LogP) is 3.13. The third kappa shape index (κ3) is 2.66. The van der Waals surface area contributed by atoms with Gasteiger partial charge in [0.15, 0.2) is 0 Å². The first kappa shape index (κ1) is 15.4. The number of fused-ring (bicyclic) bond motifs is 1. The van der Waals surface area contributed by atoms with Crippen molar-refractivity contribution >= 4 is 27.5 Å². The summed E-state index contributed by atoms with van der Waals surface area (Å²) in [5.74, 6) is -0.349. The van der Waals surface area contributed by atoms with Gasteiger partial charge in [0.1, 0.15) is 10.7 Å². The van der Waals surface area contributed by atoms with Gasteiger partial charge in [0.2, 0.25) is 0 Å². The average Bonchev–Trinajstić information content (AvgIpc) is 2.78. The Balaban J connectivity index is 2.13. The SMILES string of the molecule is Cc1sc2nc(C)n(Cc3cccc(C(=O)O)c3)c(=O)c2c1C. The molecule has 0 saturated heterocycles. The molecule has 0 bridgehead atoms. The summed E-state index contributed by atoms with van der Waals surface area (Å²) in [6, 6.07) is 6.62. The van der Waals surface area contributed by atoms with Crippen molar-refractivity contribution in [2.45, 2.75) is 27.3 Å². The number of nitrogens with zero attached hydrogens (tertiary/aromatic N) is 2. The summed E-state index contributed by atoms with van der Waals surface area (Å²) in [4.78, 5) is 30.3. The van der Waals surface area contributed by atoms with Crippen molar-refractivity contribution in [2.24, 2.45) is 0 Å². The Kier molecular flexibility index (Phi) is 3.77. The monoisotopic (exact) mass is 328 g/mol. The number of thiophene rings is 1. The van der Waals surface area contributed by atoms with Gasteiger partial charge in [-0.1, -0.05) is 12.1 Å². The molecule has 0 amide bonds. The van der Waals surface area contributed by atoms with Gasteiger partial charge >= 0.3 is 5.97 Å². The first-order valence-corrected chi connectivity index (χ1v) is 7.99. The Morgan fingerprint density at radius 3 is 2.74 bits per heavy atom. The van der Waals surface area contributed by atoms with Gasteiger partial charge in [-0.3, -0.25) is 9.36 Å². The second-order valence-electron chi connectivity index (χ2n) is 5.52. The Morgan fingerprint density at radius 2 is 2.04 bits per heavy atom. The highest BCUT2D eigenvalue weighted by molar-refractivity contribution is 7.18. The zero-order chi connectivity index (χ0) is 16.7. The maximum Gasteiger partial charge on any atom is 0.335 e. The van der Waals surface area contributed by atoms with Crippen LogP contribution < -0.4 is 5.56 Å². The molecule has 6 heteroatoms. The molecule has 2 heterocycles. The standard InChI is InChI=1S/C17H16N2O3S/c1-9-10(2)23-15-14(9)16(20)19(11(3)18-15)8-12-5-4-6-13(7-12)17(21)22/h4-7H,8H2,1-3H3,(H,21,22). The molecule has 2 aromatic heterocycles. The van der Waals surface area contributed by atoms with Crippen molar-refractivity contribution in [3.05, 3.63) is 62.0 Å². The second kappa shape index (κ2) is 5.62. The van der Waals surface area contributed by atoms with E-state index in [0.717, 1.165) is 20.8 Å². The maximum absolute atomic E-state index is 12.8. The molecule has 0 aliphatic heterocycles. The Labute approximate surface area is 136 Å². The number of carboxylic acid groups (broad SMARTS) is 1. The molecule has 118 valence electrons. The number of hydrogen-bond acceptors (Lipinski definition) is 4. The van der Waals surface area contributed by atoms with Crippen LogP contribution in [0.4, 0.5) is 0 Å². The molecule has 0 unspecified atom stereocenters. The van der Waals surface area contributed by atoms with Crippen LogP contribution in [0, 0.1) is 20.8 Å². The summed E-state index contributed by atoms with van der Waals surface area (Å²) in [6.07, 6.45) is 0. The largest absolute Gasteiger partial charge is 0.478 e. The molecule has 23 heavy (non-hydrogen) atoms. The molecular formula is C17H16N2O3S. The minimum absolute atomic E-state index is 0.0740. The van der Waals surface area contributed by atoms with E-state index in [1.165, 1.54) is 17.4 Å². The average molecular weight is 328 g/mol. The van der Waals surface area contributed by atoms with Crippen LogP contribution >= 0.6 is 11.3 Å². The van der Waals surface area contributed by atoms with Crippen LogP contribution in [-0.2, 0) is 6.54 Å². The van der Waals surface area contributed by atoms with Gasteiger partial charge in [0.05, 0.1) is 17.5 Å². The first-order chi connectivity index (χ1) is 10.9. The minimum atomic E-state index is -0.978. The van der Waals surface area contributed by atoms with E-state index in [1.54, 1.807) is 23.6 Å². The maximum atomic E-state index is 12.8. The highest BCUT2D eigenvalue weighted by Crippen LogP contribution is 2.26. The third-order valence-electron chi connectivity index (χ3n) is 3.99. The summed E-state index contributed by atoms with van der Waals surface area (Å²) in [7, 11) is 0. The highest BCUT2D eigenvalue weighted by Gasteiger charge is 2.15. The van der Waals surface area contributed by atoms with Gasteiger partial charge < -0.3 is 5.11 Å². The van der Waals surface area contributed by atoms with E-state index in [1.807, 2.05) is 19.9 Å². The Hall–Kier alpha value is -2.47. The van der Waals surface area contributed by atoms with Crippen LogP contribution in [0.2, 0.25) is 0 Å². The fraction of sp³-hybridized carbons (Fsp3) is 0.235. The molecular weight excluding hydrogens is 312 g/mol. The fourth-order valence-electron chi connectivity index (χ4n) is 2.60. The number of carbonyl (C=O) groups is 1. The highest BCUT2D eigenvalue weighted by atomic mass is 32.1. The summed E-state index contributed by atoms with van der Waals surface area (Å²) in [5, 5.41) is 9.75. The minimum Gasteiger partial charge on any atom is -0.478 e. The van der Waals surface area contributed by atoms with Crippen molar-refractivity contribution in [1.29, 1.82) is 0 Å². The molecule has 1 aromatic carbocycles. The fourth-order valence-corrected chi connectivity index (χ4v) is 3.67. The number of aryl methyl sites for hydroxylation is 3. The molecule has 3 aromatic rings. The van der Waals surface area contributed by atoms with Gasteiger partial charge in [-0.05, 0) is 44.0 Å². The summed E-state index contributed by atoms with van der Waals surface area (Å²) in [5.41, 5.74) is 1.87. The normalized spacial score (nSPS) is 11.1. The van der Waals surface area contributed by atoms with Crippen LogP contribution in [0.5, 0.6) is 0 Å². The number of aromatic carboxylic acids is 1. The number of carboxylic acids is 1. The van der Waals surface area contributed by atoms with Crippen molar-refractivity contribution in [2.75, 3.05) is 0 Å². The molecule has 0 aliphatic rings.